The summed E-state index contributed by atoms with van der Waals surface area (Å²) in [4.78, 5) is 22.1. The lowest BCUT2D eigenvalue weighted by Crippen LogP contribution is -2.52. The third-order valence-electron chi connectivity index (χ3n) is 5.01. The van der Waals surface area contributed by atoms with Crippen LogP contribution in [0.25, 0.3) is 10.2 Å². The second-order valence-electron chi connectivity index (χ2n) is 7.66. The molecule has 3 aromatic rings. The number of hydrogen-bond acceptors (Lipinski definition) is 7. The fourth-order valence-corrected chi connectivity index (χ4v) is 4.43. The van der Waals surface area contributed by atoms with Gasteiger partial charge in [-0.2, -0.15) is 0 Å². The van der Waals surface area contributed by atoms with E-state index in [1.165, 1.54) is 11.3 Å². The average molecular weight is 478 g/mol. The molecule has 1 aliphatic rings. The minimum absolute atomic E-state index is 0. The lowest BCUT2D eigenvalue weighted by molar-refractivity contribution is -0.130. The van der Waals surface area contributed by atoms with Crippen LogP contribution in [0.1, 0.15) is 13.8 Å². The number of carbonyl (C=O) groups is 1. The fraction of sp³-hybridized carbons (Fsp3) is 0.391. The summed E-state index contributed by atoms with van der Waals surface area (Å²) in [6.45, 7) is 5.61. The van der Waals surface area contributed by atoms with E-state index in [2.05, 4.69) is 0 Å². The highest BCUT2D eigenvalue weighted by Gasteiger charge is 2.38. The summed E-state index contributed by atoms with van der Waals surface area (Å²) in [7, 11) is 3.96. The summed E-state index contributed by atoms with van der Waals surface area (Å²) >= 11 is 1.48. The van der Waals surface area contributed by atoms with E-state index in [4.69, 9.17) is 19.2 Å². The first-order valence-electron chi connectivity index (χ1n) is 10.4. The molecule has 1 aliphatic heterocycles. The Bertz CT molecular complexity index is 1070. The molecule has 1 amide bonds. The van der Waals surface area contributed by atoms with Crippen LogP contribution >= 0.6 is 23.7 Å². The maximum Gasteiger partial charge on any atom is 0.273 e. The van der Waals surface area contributed by atoms with E-state index < -0.39 is 12.2 Å². The third kappa shape index (κ3) is 5.09. The zero-order valence-electron chi connectivity index (χ0n) is 18.6. The maximum absolute atomic E-state index is 13.6. The molecule has 1 aromatic heterocycles. The molecule has 7 nitrogen and oxygen atoms in total. The molecule has 0 bridgehead atoms. The van der Waals surface area contributed by atoms with Crippen LogP contribution in [0.2, 0.25) is 0 Å². The second-order valence-corrected chi connectivity index (χ2v) is 8.67. The fourth-order valence-electron chi connectivity index (χ4n) is 3.41. The van der Waals surface area contributed by atoms with Gasteiger partial charge in [0, 0.05) is 13.1 Å². The number of benzene rings is 2. The van der Waals surface area contributed by atoms with Gasteiger partial charge < -0.3 is 19.1 Å². The quantitative estimate of drug-likeness (QED) is 0.507. The van der Waals surface area contributed by atoms with Gasteiger partial charge in [0.15, 0.2) is 16.6 Å². The van der Waals surface area contributed by atoms with Crippen LogP contribution in [0.4, 0.5) is 5.13 Å². The van der Waals surface area contributed by atoms with Crippen LogP contribution in [0.5, 0.6) is 17.2 Å². The van der Waals surface area contributed by atoms with Crippen molar-refractivity contribution in [2.45, 2.75) is 26.1 Å². The van der Waals surface area contributed by atoms with Crippen molar-refractivity contribution < 1.29 is 19.0 Å². The topological polar surface area (TPSA) is 64.1 Å². The molecule has 0 N–H and O–H groups in total. The predicted octanol–water partition coefficient (Wildman–Crippen LogP) is 4.24. The first kappa shape index (κ1) is 24.1. The first-order chi connectivity index (χ1) is 15.0. The average Bonchev–Trinajstić information content (AvgIpc) is 3.16. The molecule has 4 rings (SSSR count). The number of rotatable bonds is 7. The van der Waals surface area contributed by atoms with Crippen LogP contribution in [-0.4, -0.2) is 61.8 Å². The Balaban J connectivity index is 0.00000289. The molecular weight excluding hydrogens is 450 g/mol. The van der Waals surface area contributed by atoms with Crippen LogP contribution in [0.15, 0.2) is 42.5 Å². The number of para-hydroxylation sites is 2. The van der Waals surface area contributed by atoms with E-state index in [1.54, 1.807) is 4.90 Å². The molecule has 2 heterocycles. The first-order valence-corrected chi connectivity index (χ1v) is 11.2. The van der Waals surface area contributed by atoms with Crippen molar-refractivity contribution in [1.82, 2.24) is 9.88 Å². The van der Waals surface area contributed by atoms with E-state index in [-0.39, 0.29) is 18.3 Å². The molecule has 2 atom stereocenters. The van der Waals surface area contributed by atoms with E-state index in [9.17, 15) is 4.79 Å². The summed E-state index contributed by atoms with van der Waals surface area (Å²) in [6.07, 6.45) is -1.16. The Hall–Kier alpha value is -2.55. The third-order valence-corrected chi connectivity index (χ3v) is 6.05. The van der Waals surface area contributed by atoms with Gasteiger partial charge in [0.1, 0.15) is 11.9 Å². The molecule has 172 valence electrons. The van der Waals surface area contributed by atoms with Crippen LogP contribution < -0.4 is 19.1 Å². The van der Waals surface area contributed by atoms with Crippen molar-refractivity contribution in [1.29, 1.82) is 0 Å². The summed E-state index contributed by atoms with van der Waals surface area (Å²) < 4.78 is 18.6. The number of amides is 1. The number of halogens is 1. The molecule has 32 heavy (non-hydrogen) atoms. The number of thiazole rings is 1. The molecule has 2 aromatic carbocycles. The molecule has 0 fully saturated rings. The van der Waals surface area contributed by atoms with E-state index in [0.29, 0.717) is 36.3 Å². The van der Waals surface area contributed by atoms with E-state index in [1.807, 2.05) is 75.3 Å². The summed E-state index contributed by atoms with van der Waals surface area (Å²) in [5.74, 6) is 1.87. The number of likely N-dealkylation sites (N-methyl/N-ethyl adjacent to an activating group) is 1. The number of carbonyl (C=O) groups excluding carboxylic acids is 1. The van der Waals surface area contributed by atoms with Crippen molar-refractivity contribution in [3.63, 3.8) is 0 Å². The lowest BCUT2D eigenvalue weighted by atomic mass is 10.1. The van der Waals surface area contributed by atoms with Gasteiger partial charge in [-0.05, 0) is 58.3 Å². The maximum atomic E-state index is 13.6. The number of aromatic nitrogens is 1. The number of hydrogen-bond donors (Lipinski definition) is 0. The largest absolute Gasteiger partial charge is 0.494 e. The summed E-state index contributed by atoms with van der Waals surface area (Å²) in [5.41, 5.74) is 0.838. The van der Waals surface area contributed by atoms with Gasteiger partial charge in [0.2, 0.25) is 6.10 Å². The summed E-state index contributed by atoms with van der Waals surface area (Å²) in [6, 6.07) is 13.2. The predicted molar refractivity (Wildman–Crippen MR) is 130 cm³/mol. The molecule has 9 heteroatoms. The number of ether oxygens (including phenoxy) is 3. The van der Waals surface area contributed by atoms with E-state index >= 15 is 0 Å². The van der Waals surface area contributed by atoms with Gasteiger partial charge in [0.25, 0.3) is 5.91 Å². The van der Waals surface area contributed by atoms with Gasteiger partial charge in [-0.1, -0.05) is 23.5 Å². The molecular formula is C23H28ClN3O4S. The van der Waals surface area contributed by atoms with Gasteiger partial charge in [-0.3, -0.25) is 9.69 Å². The number of nitrogens with zero attached hydrogens (tertiary/aromatic N) is 3. The summed E-state index contributed by atoms with van der Waals surface area (Å²) in [5, 5.41) is 0.644. The monoisotopic (exact) mass is 477 g/mol. The van der Waals surface area contributed by atoms with E-state index in [0.717, 1.165) is 16.0 Å². The van der Waals surface area contributed by atoms with Gasteiger partial charge in [-0.15, -0.1) is 12.4 Å². The van der Waals surface area contributed by atoms with Crippen molar-refractivity contribution in [2.24, 2.45) is 0 Å². The van der Waals surface area contributed by atoms with Crippen molar-refractivity contribution in [3.05, 3.63) is 42.5 Å². The smallest absolute Gasteiger partial charge is 0.273 e. The Morgan fingerprint density at radius 3 is 2.53 bits per heavy atom. The highest BCUT2D eigenvalue weighted by atomic mass is 35.5. The minimum atomic E-state index is -0.747. The van der Waals surface area contributed by atoms with Crippen molar-refractivity contribution >= 4 is 45.0 Å². The number of fused-ring (bicyclic) bond motifs is 2. The standard InChI is InChI=1S/C23H27N3O4S.ClH/c1-5-28-16-10-11-17-20(14-16)31-23(24-17)26(13-12-25(3)4)22(27)21-15(2)29-18-8-6-7-9-19(18)30-21;/h6-11,14-15,21H,5,12-13H2,1-4H3;1H. The van der Waals surface area contributed by atoms with Crippen LogP contribution in [0.3, 0.4) is 0 Å². The normalized spacial score (nSPS) is 17.2. The highest BCUT2D eigenvalue weighted by molar-refractivity contribution is 7.22. The molecule has 0 spiro atoms. The Morgan fingerprint density at radius 1 is 1.12 bits per heavy atom. The number of anilines is 1. The van der Waals surface area contributed by atoms with Crippen LogP contribution in [0, 0.1) is 0 Å². The Labute approximate surface area is 198 Å². The second kappa shape index (κ2) is 10.4. The molecule has 0 radical (unpaired) electrons. The van der Waals surface area contributed by atoms with Gasteiger partial charge in [-0.25, -0.2) is 4.98 Å². The highest BCUT2D eigenvalue weighted by Crippen LogP contribution is 2.36. The Kier molecular flexibility index (Phi) is 7.82. The molecule has 0 saturated carbocycles. The lowest BCUT2D eigenvalue weighted by Gasteiger charge is -2.34. The van der Waals surface area contributed by atoms with Crippen molar-refractivity contribution in [3.8, 4) is 17.2 Å². The van der Waals surface area contributed by atoms with Gasteiger partial charge in [0.05, 0.1) is 16.8 Å². The zero-order valence-corrected chi connectivity index (χ0v) is 20.2. The SMILES string of the molecule is CCOc1ccc2nc(N(CCN(C)C)C(=O)C3Oc4ccccc4OC3C)sc2c1.Cl. The zero-order chi connectivity index (χ0) is 22.0. The molecule has 0 aliphatic carbocycles. The molecule has 2 unspecified atom stereocenters. The Morgan fingerprint density at radius 2 is 1.84 bits per heavy atom. The van der Waals surface area contributed by atoms with Gasteiger partial charge >= 0.3 is 0 Å². The van der Waals surface area contributed by atoms with Crippen LogP contribution in [-0.2, 0) is 4.79 Å². The van der Waals surface area contributed by atoms with Crippen molar-refractivity contribution in [2.75, 3.05) is 38.7 Å². The molecule has 0 saturated heterocycles. The minimum Gasteiger partial charge on any atom is -0.494 e.